The molecule has 110 valence electrons. The van der Waals surface area contributed by atoms with E-state index >= 15 is 0 Å². The van der Waals surface area contributed by atoms with Crippen molar-refractivity contribution in [1.29, 1.82) is 0 Å². The van der Waals surface area contributed by atoms with Crippen molar-refractivity contribution in [2.45, 2.75) is 19.4 Å². The highest BCUT2D eigenvalue weighted by molar-refractivity contribution is 5.95. The summed E-state index contributed by atoms with van der Waals surface area (Å²) in [4.78, 5) is 35.0. The second-order valence-electron chi connectivity index (χ2n) is 4.79. The third-order valence-electron chi connectivity index (χ3n) is 3.36. The van der Waals surface area contributed by atoms with Crippen LogP contribution < -0.4 is 5.32 Å². The van der Waals surface area contributed by atoms with Gasteiger partial charge in [-0.05, 0) is 31.1 Å². The van der Waals surface area contributed by atoms with E-state index in [-0.39, 0.29) is 12.5 Å². The third kappa shape index (κ3) is 3.56. The third-order valence-corrected chi connectivity index (χ3v) is 3.36. The average molecular weight is 287 g/mol. The first-order chi connectivity index (χ1) is 10.2. The summed E-state index contributed by atoms with van der Waals surface area (Å²) >= 11 is 0. The molecule has 0 aromatic heterocycles. The lowest BCUT2D eigenvalue weighted by molar-refractivity contribution is -0.148. The highest BCUT2D eigenvalue weighted by Gasteiger charge is 2.35. The molecule has 2 atom stereocenters. The van der Waals surface area contributed by atoms with E-state index in [1.165, 1.54) is 0 Å². The molecule has 0 unspecified atom stereocenters. The van der Waals surface area contributed by atoms with Crippen molar-refractivity contribution in [3.05, 3.63) is 47.5 Å². The number of carbonyl (C=O) groups is 3. The molecular weight excluding hydrogens is 270 g/mol. The summed E-state index contributed by atoms with van der Waals surface area (Å²) in [6, 6.07) is 8.20. The number of amides is 1. The zero-order valence-corrected chi connectivity index (χ0v) is 11.7. The first-order valence-corrected chi connectivity index (χ1v) is 6.84. The van der Waals surface area contributed by atoms with Crippen molar-refractivity contribution in [1.82, 2.24) is 5.32 Å². The SMILES string of the molecule is CCOC(=O)[C@H]1CC(C=O)=C[C@@H]1NC(=O)c1ccccc1. The number of nitrogens with one attached hydrogen (secondary N) is 1. The summed E-state index contributed by atoms with van der Waals surface area (Å²) in [6.45, 7) is 1.99. The van der Waals surface area contributed by atoms with Crippen LogP contribution in [0.2, 0.25) is 0 Å². The Hall–Kier alpha value is -2.43. The fourth-order valence-electron chi connectivity index (χ4n) is 2.33. The van der Waals surface area contributed by atoms with E-state index in [0.717, 1.165) is 0 Å². The maximum atomic E-state index is 12.1. The van der Waals surface area contributed by atoms with Crippen molar-refractivity contribution in [3.8, 4) is 0 Å². The van der Waals surface area contributed by atoms with E-state index in [1.54, 1.807) is 37.3 Å². The van der Waals surface area contributed by atoms with Gasteiger partial charge in [-0.2, -0.15) is 0 Å². The van der Waals surface area contributed by atoms with E-state index in [1.807, 2.05) is 6.07 Å². The maximum absolute atomic E-state index is 12.1. The van der Waals surface area contributed by atoms with Gasteiger partial charge in [-0.3, -0.25) is 14.4 Å². The number of hydrogen-bond donors (Lipinski definition) is 1. The number of benzene rings is 1. The molecule has 5 nitrogen and oxygen atoms in total. The lowest BCUT2D eigenvalue weighted by Gasteiger charge is -2.19. The molecule has 0 heterocycles. The monoisotopic (exact) mass is 287 g/mol. The molecule has 0 saturated carbocycles. The molecule has 1 aliphatic carbocycles. The molecule has 5 heteroatoms. The number of esters is 1. The summed E-state index contributed by atoms with van der Waals surface area (Å²) in [5, 5.41) is 2.77. The van der Waals surface area contributed by atoms with Gasteiger partial charge in [0.05, 0.1) is 18.6 Å². The molecule has 1 aromatic carbocycles. The Labute approximate surface area is 123 Å². The minimum Gasteiger partial charge on any atom is -0.466 e. The molecule has 1 aromatic rings. The van der Waals surface area contributed by atoms with Crippen molar-refractivity contribution >= 4 is 18.2 Å². The van der Waals surface area contributed by atoms with Crippen LogP contribution in [0.15, 0.2) is 42.0 Å². The summed E-state index contributed by atoms with van der Waals surface area (Å²) in [6.07, 6.45) is 2.62. The van der Waals surface area contributed by atoms with Crippen molar-refractivity contribution in [2.24, 2.45) is 5.92 Å². The Kier molecular flexibility index (Phi) is 4.87. The van der Waals surface area contributed by atoms with E-state index in [9.17, 15) is 14.4 Å². The van der Waals surface area contributed by atoms with Gasteiger partial charge in [-0.15, -0.1) is 0 Å². The van der Waals surface area contributed by atoms with Crippen LogP contribution in [0.25, 0.3) is 0 Å². The lowest BCUT2D eigenvalue weighted by Crippen LogP contribution is -2.40. The molecule has 21 heavy (non-hydrogen) atoms. The number of rotatable bonds is 5. The van der Waals surface area contributed by atoms with Crippen LogP contribution in [0.5, 0.6) is 0 Å². The summed E-state index contributed by atoms with van der Waals surface area (Å²) in [5.74, 6) is -1.22. The highest BCUT2D eigenvalue weighted by atomic mass is 16.5. The summed E-state index contributed by atoms with van der Waals surface area (Å²) < 4.78 is 5.00. The van der Waals surface area contributed by atoms with Gasteiger partial charge in [0, 0.05) is 5.56 Å². The first kappa shape index (κ1) is 15.0. The van der Waals surface area contributed by atoms with Gasteiger partial charge in [0.15, 0.2) is 0 Å². The second-order valence-corrected chi connectivity index (χ2v) is 4.79. The fraction of sp³-hybridized carbons (Fsp3) is 0.312. The fourth-order valence-corrected chi connectivity index (χ4v) is 2.33. The largest absolute Gasteiger partial charge is 0.466 e. The van der Waals surface area contributed by atoms with Crippen molar-refractivity contribution < 1.29 is 19.1 Å². The number of allylic oxidation sites excluding steroid dienone is 1. The van der Waals surface area contributed by atoms with Crippen LogP contribution in [-0.2, 0) is 14.3 Å². The second kappa shape index (κ2) is 6.83. The number of aldehydes is 1. The topological polar surface area (TPSA) is 72.5 Å². The van der Waals surface area contributed by atoms with E-state index in [2.05, 4.69) is 5.32 Å². The zero-order valence-electron chi connectivity index (χ0n) is 11.7. The van der Waals surface area contributed by atoms with Gasteiger partial charge in [0.25, 0.3) is 5.91 Å². The van der Waals surface area contributed by atoms with Gasteiger partial charge in [-0.25, -0.2) is 0 Å². The molecule has 0 fully saturated rings. The predicted octanol–water partition coefficient (Wildman–Crippen LogP) is 1.49. The molecule has 0 bridgehead atoms. The van der Waals surface area contributed by atoms with Gasteiger partial charge in [0.1, 0.15) is 6.29 Å². The molecule has 0 aliphatic heterocycles. The zero-order chi connectivity index (χ0) is 15.2. The lowest BCUT2D eigenvalue weighted by atomic mass is 10.0. The molecule has 1 aliphatic rings. The molecule has 0 spiro atoms. The standard InChI is InChI=1S/C16H17NO4/c1-2-21-16(20)13-8-11(10-18)9-14(13)17-15(19)12-6-4-3-5-7-12/h3-7,9-10,13-14H,2,8H2,1H3,(H,17,19)/t13-,14-/m0/s1. The minimum atomic E-state index is -0.544. The Morgan fingerprint density at radius 1 is 1.33 bits per heavy atom. The molecule has 2 rings (SSSR count). The van der Waals surface area contributed by atoms with Gasteiger partial charge in [-0.1, -0.05) is 24.3 Å². The molecule has 0 radical (unpaired) electrons. The number of ether oxygens (including phenoxy) is 1. The van der Waals surface area contributed by atoms with Crippen molar-refractivity contribution in [3.63, 3.8) is 0 Å². The van der Waals surface area contributed by atoms with Gasteiger partial charge >= 0.3 is 5.97 Å². The van der Waals surface area contributed by atoms with Crippen LogP contribution in [0.4, 0.5) is 0 Å². The molecule has 0 saturated heterocycles. The smallest absolute Gasteiger partial charge is 0.311 e. The molecule has 1 N–H and O–H groups in total. The molecule has 1 amide bonds. The van der Waals surface area contributed by atoms with Crippen LogP contribution >= 0.6 is 0 Å². The van der Waals surface area contributed by atoms with E-state index < -0.39 is 17.9 Å². The Balaban J connectivity index is 2.11. The Bertz CT molecular complexity index is 565. The van der Waals surface area contributed by atoms with Crippen LogP contribution in [-0.4, -0.2) is 30.8 Å². The number of carbonyl (C=O) groups excluding carboxylic acids is 3. The van der Waals surface area contributed by atoms with Crippen molar-refractivity contribution in [2.75, 3.05) is 6.61 Å². The number of hydrogen-bond acceptors (Lipinski definition) is 4. The Morgan fingerprint density at radius 3 is 2.67 bits per heavy atom. The van der Waals surface area contributed by atoms with Crippen LogP contribution in [0.1, 0.15) is 23.7 Å². The highest BCUT2D eigenvalue weighted by Crippen LogP contribution is 2.26. The van der Waals surface area contributed by atoms with Gasteiger partial charge in [0.2, 0.25) is 0 Å². The maximum Gasteiger partial charge on any atom is 0.311 e. The first-order valence-electron chi connectivity index (χ1n) is 6.84. The van der Waals surface area contributed by atoms with E-state index in [0.29, 0.717) is 23.8 Å². The van der Waals surface area contributed by atoms with Gasteiger partial charge < -0.3 is 10.1 Å². The summed E-state index contributed by atoms with van der Waals surface area (Å²) in [5.41, 5.74) is 1.01. The van der Waals surface area contributed by atoms with E-state index in [4.69, 9.17) is 4.74 Å². The van der Waals surface area contributed by atoms with Crippen LogP contribution in [0.3, 0.4) is 0 Å². The quantitative estimate of drug-likeness (QED) is 0.658. The predicted molar refractivity (Wildman–Crippen MR) is 76.6 cm³/mol. The van der Waals surface area contributed by atoms with Crippen LogP contribution in [0, 0.1) is 5.92 Å². The minimum absolute atomic E-state index is 0.269. The Morgan fingerprint density at radius 2 is 2.05 bits per heavy atom. The normalized spacial score (nSPS) is 20.5. The summed E-state index contributed by atoms with van der Waals surface area (Å²) in [7, 11) is 0. The molecular formula is C16H17NO4. The average Bonchev–Trinajstić information content (AvgIpc) is 2.91.